The molecular formula is C15H21ClFN. The highest BCUT2D eigenvalue weighted by Gasteiger charge is 2.05. The first-order valence-electron chi connectivity index (χ1n) is 6.28. The summed E-state index contributed by atoms with van der Waals surface area (Å²) in [5.41, 5.74) is 2.06. The summed E-state index contributed by atoms with van der Waals surface area (Å²) in [5.74, 6) is 0.118. The monoisotopic (exact) mass is 269 g/mol. The molecule has 1 aromatic rings. The quantitative estimate of drug-likeness (QED) is 0.829. The van der Waals surface area contributed by atoms with E-state index in [4.69, 9.17) is 11.6 Å². The van der Waals surface area contributed by atoms with Crippen LogP contribution in [0.1, 0.15) is 33.3 Å². The molecule has 0 aromatic heterocycles. The molecule has 0 radical (unpaired) electrons. The summed E-state index contributed by atoms with van der Waals surface area (Å²) in [6.45, 7) is 9.29. The van der Waals surface area contributed by atoms with Gasteiger partial charge in [0.05, 0.1) is 0 Å². The van der Waals surface area contributed by atoms with Crippen LogP contribution in [0.5, 0.6) is 0 Å². The smallest absolute Gasteiger partial charge is 0.125 e. The van der Waals surface area contributed by atoms with E-state index < -0.39 is 0 Å². The first kappa shape index (κ1) is 15.2. The van der Waals surface area contributed by atoms with Crippen LogP contribution in [0.3, 0.4) is 0 Å². The Labute approximate surface area is 114 Å². The van der Waals surface area contributed by atoms with Crippen molar-refractivity contribution in [3.05, 3.63) is 40.2 Å². The molecule has 0 atom stereocenters. The fourth-order valence-corrected chi connectivity index (χ4v) is 1.85. The maximum atomic E-state index is 13.3. The minimum absolute atomic E-state index is 0.298. The van der Waals surface area contributed by atoms with E-state index in [0.717, 1.165) is 12.1 Å². The van der Waals surface area contributed by atoms with Crippen LogP contribution in [0.25, 0.3) is 6.08 Å². The summed E-state index contributed by atoms with van der Waals surface area (Å²) in [6, 6.07) is 5.04. The lowest BCUT2D eigenvalue weighted by Crippen LogP contribution is -2.26. The van der Waals surface area contributed by atoms with Gasteiger partial charge in [-0.05, 0) is 29.7 Å². The van der Waals surface area contributed by atoms with Crippen molar-refractivity contribution < 1.29 is 4.39 Å². The van der Waals surface area contributed by atoms with Gasteiger partial charge in [0.2, 0.25) is 0 Å². The molecule has 0 aliphatic rings. The third kappa shape index (κ3) is 5.19. The van der Waals surface area contributed by atoms with Crippen molar-refractivity contribution in [2.24, 2.45) is 5.92 Å². The van der Waals surface area contributed by atoms with E-state index >= 15 is 0 Å². The topological polar surface area (TPSA) is 12.0 Å². The van der Waals surface area contributed by atoms with Gasteiger partial charge in [-0.2, -0.15) is 0 Å². The second-order valence-electron chi connectivity index (χ2n) is 5.11. The van der Waals surface area contributed by atoms with Gasteiger partial charge in [-0.3, -0.25) is 0 Å². The lowest BCUT2D eigenvalue weighted by atomic mass is 10.00. The lowest BCUT2D eigenvalue weighted by molar-refractivity contribution is 0.592. The van der Waals surface area contributed by atoms with Crippen LogP contribution < -0.4 is 5.32 Å². The standard InChI is InChI=1S/C15H21ClFN/c1-10(2)13(9-18-11(3)4)5-12-6-14(16)8-15(17)7-12/h5-8,10-11,18H,9H2,1-4H3/b13-5-. The molecule has 1 N–H and O–H groups in total. The van der Waals surface area contributed by atoms with Gasteiger partial charge in [0.25, 0.3) is 0 Å². The van der Waals surface area contributed by atoms with E-state index in [9.17, 15) is 4.39 Å². The van der Waals surface area contributed by atoms with Crippen molar-refractivity contribution in [2.45, 2.75) is 33.7 Å². The van der Waals surface area contributed by atoms with Gasteiger partial charge in [0.1, 0.15) is 5.82 Å². The van der Waals surface area contributed by atoms with Crippen molar-refractivity contribution in [2.75, 3.05) is 6.54 Å². The predicted octanol–water partition coefficient (Wildman–Crippen LogP) is 4.52. The molecular weight excluding hydrogens is 249 g/mol. The van der Waals surface area contributed by atoms with Crippen molar-refractivity contribution in [1.29, 1.82) is 0 Å². The maximum absolute atomic E-state index is 13.3. The average Bonchev–Trinajstić information content (AvgIpc) is 2.22. The van der Waals surface area contributed by atoms with Gasteiger partial charge in [-0.15, -0.1) is 0 Å². The summed E-state index contributed by atoms with van der Waals surface area (Å²) < 4.78 is 13.3. The van der Waals surface area contributed by atoms with E-state index in [0.29, 0.717) is 17.0 Å². The molecule has 0 aliphatic carbocycles. The van der Waals surface area contributed by atoms with E-state index in [-0.39, 0.29) is 5.82 Å². The van der Waals surface area contributed by atoms with E-state index in [1.165, 1.54) is 17.7 Å². The summed E-state index contributed by atoms with van der Waals surface area (Å²) in [4.78, 5) is 0. The predicted molar refractivity (Wildman–Crippen MR) is 77.4 cm³/mol. The third-order valence-corrected chi connectivity index (χ3v) is 2.91. The Balaban J connectivity index is 2.93. The first-order valence-corrected chi connectivity index (χ1v) is 6.66. The highest BCUT2D eigenvalue weighted by molar-refractivity contribution is 6.30. The van der Waals surface area contributed by atoms with Crippen LogP contribution in [0.2, 0.25) is 5.02 Å². The maximum Gasteiger partial charge on any atom is 0.125 e. The van der Waals surface area contributed by atoms with Crippen molar-refractivity contribution in [1.82, 2.24) is 5.32 Å². The van der Waals surface area contributed by atoms with E-state index in [2.05, 4.69) is 33.0 Å². The Bertz CT molecular complexity index is 404. The lowest BCUT2D eigenvalue weighted by Gasteiger charge is -2.15. The molecule has 1 nitrogen and oxygen atoms in total. The molecule has 0 aliphatic heterocycles. The number of hydrogen-bond donors (Lipinski definition) is 1. The Kier molecular flexibility index (Phi) is 5.83. The largest absolute Gasteiger partial charge is 0.311 e. The minimum atomic E-state index is -0.298. The molecule has 18 heavy (non-hydrogen) atoms. The Morgan fingerprint density at radius 2 is 1.94 bits per heavy atom. The number of benzene rings is 1. The average molecular weight is 270 g/mol. The number of nitrogens with one attached hydrogen (secondary N) is 1. The zero-order valence-electron chi connectivity index (χ0n) is 11.4. The molecule has 1 rings (SSSR count). The third-order valence-electron chi connectivity index (χ3n) is 2.69. The number of rotatable bonds is 5. The highest BCUT2D eigenvalue weighted by atomic mass is 35.5. The summed E-state index contributed by atoms with van der Waals surface area (Å²) in [7, 11) is 0. The Morgan fingerprint density at radius 1 is 1.28 bits per heavy atom. The molecule has 0 amide bonds. The van der Waals surface area contributed by atoms with Crippen LogP contribution in [-0.2, 0) is 0 Å². The normalized spacial score (nSPS) is 12.6. The SMILES string of the molecule is CC(C)NC/C(=C/c1cc(F)cc(Cl)c1)C(C)C. The highest BCUT2D eigenvalue weighted by Crippen LogP contribution is 2.19. The van der Waals surface area contributed by atoms with Crippen molar-refractivity contribution in [3.8, 4) is 0 Å². The summed E-state index contributed by atoms with van der Waals surface area (Å²) in [5, 5.41) is 3.81. The Morgan fingerprint density at radius 3 is 2.44 bits per heavy atom. The summed E-state index contributed by atoms with van der Waals surface area (Å²) >= 11 is 5.86. The van der Waals surface area contributed by atoms with E-state index in [1.54, 1.807) is 6.07 Å². The van der Waals surface area contributed by atoms with Gasteiger partial charge < -0.3 is 5.32 Å². The molecule has 0 fully saturated rings. The zero-order chi connectivity index (χ0) is 13.7. The van der Waals surface area contributed by atoms with Crippen molar-refractivity contribution >= 4 is 17.7 Å². The fraction of sp³-hybridized carbons (Fsp3) is 0.467. The van der Waals surface area contributed by atoms with Crippen molar-refractivity contribution in [3.63, 3.8) is 0 Å². The van der Waals surface area contributed by atoms with E-state index in [1.807, 2.05) is 6.08 Å². The number of halogens is 2. The molecule has 0 saturated carbocycles. The molecule has 0 unspecified atom stereocenters. The second-order valence-corrected chi connectivity index (χ2v) is 5.55. The van der Waals surface area contributed by atoms with Gasteiger partial charge in [-0.25, -0.2) is 4.39 Å². The van der Waals surface area contributed by atoms with Crippen LogP contribution in [0.4, 0.5) is 4.39 Å². The minimum Gasteiger partial charge on any atom is -0.311 e. The van der Waals surface area contributed by atoms with Crippen LogP contribution in [-0.4, -0.2) is 12.6 Å². The van der Waals surface area contributed by atoms with Gasteiger partial charge >= 0.3 is 0 Å². The molecule has 0 saturated heterocycles. The second kappa shape index (κ2) is 6.91. The van der Waals surface area contributed by atoms with Crippen LogP contribution in [0.15, 0.2) is 23.8 Å². The molecule has 0 heterocycles. The van der Waals surface area contributed by atoms with Gasteiger partial charge in [-0.1, -0.05) is 50.9 Å². The van der Waals surface area contributed by atoms with Gasteiger partial charge in [0.15, 0.2) is 0 Å². The van der Waals surface area contributed by atoms with Gasteiger partial charge in [0, 0.05) is 17.6 Å². The van der Waals surface area contributed by atoms with Crippen LogP contribution >= 0.6 is 11.6 Å². The van der Waals surface area contributed by atoms with Crippen LogP contribution in [0, 0.1) is 11.7 Å². The molecule has 1 aromatic carbocycles. The fourth-order valence-electron chi connectivity index (χ4n) is 1.62. The zero-order valence-corrected chi connectivity index (χ0v) is 12.2. The molecule has 100 valence electrons. The Hall–Kier alpha value is -0.860. The first-order chi connectivity index (χ1) is 8.38. The summed E-state index contributed by atoms with van der Waals surface area (Å²) in [6.07, 6.45) is 2.01. The number of hydrogen-bond acceptors (Lipinski definition) is 1. The molecule has 0 spiro atoms. The molecule has 3 heteroatoms. The molecule has 0 bridgehead atoms.